The second-order valence-corrected chi connectivity index (χ2v) is 6.09. The molecule has 1 aliphatic carbocycles. The average molecular weight is 337 g/mol. The van der Waals surface area contributed by atoms with Gasteiger partial charge in [0.25, 0.3) is 0 Å². The monoisotopic (exact) mass is 337 g/mol. The van der Waals surface area contributed by atoms with E-state index < -0.39 is 0 Å². The molecular formula is C20H19NO4. The van der Waals surface area contributed by atoms with Crippen molar-refractivity contribution in [1.82, 2.24) is 4.90 Å². The van der Waals surface area contributed by atoms with Crippen LogP contribution < -0.4 is 19.9 Å². The van der Waals surface area contributed by atoms with Crippen molar-refractivity contribution in [3.63, 3.8) is 0 Å². The molecule has 0 amide bonds. The maximum Gasteiger partial charge on any atom is 0.220 e. The second kappa shape index (κ2) is 5.84. The smallest absolute Gasteiger partial charge is 0.220 e. The van der Waals surface area contributed by atoms with Gasteiger partial charge < -0.3 is 19.1 Å². The molecule has 2 heterocycles. The van der Waals surface area contributed by atoms with Gasteiger partial charge in [0.15, 0.2) is 5.76 Å². The van der Waals surface area contributed by atoms with Crippen LogP contribution in [0.25, 0.3) is 12.3 Å². The summed E-state index contributed by atoms with van der Waals surface area (Å²) in [6, 6.07) is 3.88. The fraction of sp³-hybridized carbons (Fsp3) is 0.250. The summed E-state index contributed by atoms with van der Waals surface area (Å²) in [7, 11) is 4.83. The maximum absolute atomic E-state index is 12.0. The lowest BCUT2D eigenvalue weighted by Crippen LogP contribution is -2.38. The Morgan fingerprint density at radius 1 is 1.00 bits per heavy atom. The molecule has 4 rings (SSSR count). The molecule has 0 spiro atoms. The number of methoxy groups -OCH3 is 3. The van der Waals surface area contributed by atoms with Crippen molar-refractivity contribution in [2.24, 2.45) is 0 Å². The average Bonchev–Trinajstić information content (AvgIpc) is 2.64. The van der Waals surface area contributed by atoms with Crippen molar-refractivity contribution in [3.05, 3.63) is 57.3 Å². The first-order chi connectivity index (χ1) is 12.1. The van der Waals surface area contributed by atoms with E-state index in [4.69, 9.17) is 14.2 Å². The van der Waals surface area contributed by atoms with Gasteiger partial charge in [0.05, 0.1) is 21.3 Å². The number of rotatable bonds is 3. The summed E-state index contributed by atoms with van der Waals surface area (Å²) in [5.41, 5.74) is 3.15. The number of carbonyl (C=O) groups is 1. The van der Waals surface area contributed by atoms with E-state index in [2.05, 4.69) is 17.2 Å². The predicted octanol–water partition coefficient (Wildman–Crippen LogP) is 1.24. The number of allylic oxidation sites excluding steroid dienone is 4. The van der Waals surface area contributed by atoms with Crippen LogP contribution in [0, 0.1) is 0 Å². The molecule has 5 nitrogen and oxygen atoms in total. The van der Waals surface area contributed by atoms with Crippen LogP contribution in [0.3, 0.4) is 0 Å². The first-order valence-electron chi connectivity index (χ1n) is 8.12. The number of ether oxygens (including phenoxy) is 3. The van der Waals surface area contributed by atoms with Crippen LogP contribution in [0.1, 0.15) is 6.42 Å². The molecule has 0 saturated heterocycles. The zero-order chi connectivity index (χ0) is 17.6. The Bertz CT molecular complexity index is 982. The summed E-state index contributed by atoms with van der Waals surface area (Å²) in [4.78, 5) is 14.2. The molecule has 0 unspecified atom stereocenters. The topological polar surface area (TPSA) is 48.0 Å². The minimum atomic E-state index is -0.0705. The van der Waals surface area contributed by atoms with Crippen molar-refractivity contribution in [2.45, 2.75) is 6.42 Å². The van der Waals surface area contributed by atoms with Crippen molar-refractivity contribution in [3.8, 4) is 11.5 Å². The van der Waals surface area contributed by atoms with Gasteiger partial charge in [-0.1, -0.05) is 0 Å². The largest absolute Gasteiger partial charge is 0.497 e. The van der Waals surface area contributed by atoms with Gasteiger partial charge >= 0.3 is 0 Å². The molecule has 0 N–H and O–H groups in total. The Hall–Kier alpha value is -2.95. The van der Waals surface area contributed by atoms with Crippen LogP contribution in [-0.2, 0) is 9.53 Å². The summed E-state index contributed by atoms with van der Waals surface area (Å²) < 4.78 is 16.1. The SMILES string of the molecule is COC1=CC2=C3C=c4cc(OC)cc(OC)c4=CN3CCC2=CC1=O. The Kier molecular flexibility index (Phi) is 3.64. The van der Waals surface area contributed by atoms with Crippen molar-refractivity contribution < 1.29 is 19.0 Å². The van der Waals surface area contributed by atoms with Crippen LogP contribution in [0.2, 0.25) is 0 Å². The van der Waals surface area contributed by atoms with E-state index in [-0.39, 0.29) is 5.78 Å². The molecule has 25 heavy (non-hydrogen) atoms. The third kappa shape index (κ3) is 2.43. The Morgan fingerprint density at radius 2 is 1.84 bits per heavy atom. The lowest BCUT2D eigenvalue weighted by molar-refractivity contribution is -0.114. The van der Waals surface area contributed by atoms with E-state index >= 15 is 0 Å². The normalized spacial score (nSPS) is 18.0. The van der Waals surface area contributed by atoms with Gasteiger partial charge in [-0.2, -0.15) is 0 Å². The Balaban J connectivity index is 1.98. The van der Waals surface area contributed by atoms with Crippen molar-refractivity contribution in [2.75, 3.05) is 27.9 Å². The Morgan fingerprint density at radius 3 is 2.56 bits per heavy atom. The number of fused-ring (bicyclic) bond motifs is 3. The van der Waals surface area contributed by atoms with Gasteiger partial charge in [-0.25, -0.2) is 0 Å². The van der Waals surface area contributed by atoms with E-state index in [1.807, 2.05) is 18.2 Å². The van der Waals surface area contributed by atoms with Gasteiger partial charge in [0.2, 0.25) is 5.78 Å². The first-order valence-corrected chi connectivity index (χ1v) is 8.12. The van der Waals surface area contributed by atoms with Crippen LogP contribution >= 0.6 is 0 Å². The highest BCUT2D eigenvalue weighted by atomic mass is 16.5. The number of hydrogen-bond acceptors (Lipinski definition) is 5. The lowest BCUT2D eigenvalue weighted by Gasteiger charge is -2.33. The molecule has 3 aliphatic rings. The number of carbonyl (C=O) groups excluding carboxylic acids is 1. The maximum atomic E-state index is 12.0. The summed E-state index contributed by atoms with van der Waals surface area (Å²) in [5.74, 6) is 1.83. The van der Waals surface area contributed by atoms with Crippen LogP contribution in [0.4, 0.5) is 0 Å². The molecule has 0 saturated carbocycles. The fourth-order valence-corrected chi connectivity index (χ4v) is 3.49. The molecule has 1 aromatic rings. The second-order valence-electron chi connectivity index (χ2n) is 6.09. The molecular weight excluding hydrogens is 318 g/mol. The summed E-state index contributed by atoms with van der Waals surface area (Å²) in [6.07, 6.45) is 8.56. The molecule has 2 aliphatic heterocycles. The van der Waals surface area contributed by atoms with E-state index in [1.54, 1.807) is 20.3 Å². The van der Waals surface area contributed by atoms with Crippen LogP contribution in [-0.4, -0.2) is 38.6 Å². The minimum absolute atomic E-state index is 0.0705. The summed E-state index contributed by atoms with van der Waals surface area (Å²) >= 11 is 0. The van der Waals surface area contributed by atoms with E-state index in [0.29, 0.717) is 5.76 Å². The van der Waals surface area contributed by atoms with Gasteiger partial charge in [0, 0.05) is 35.3 Å². The predicted molar refractivity (Wildman–Crippen MR) is 94.3 cm³/mol. The molecule has 128 valence electrons. The summed E-state index contributed by atoms with van der Waals surface area (Å²) in [6.45, 7) is 0.819. The molecule has 5 heteroatoms. The van der Waals surface area contributed by atoms with E-state index in [1.165, 1.54) is 7.11 Å². The van der Waals surface area contributed by atoms with Gasteiger partial charge in [-0.05, 0) is 41.5 Å². The highest BCUT2D eigenvalue weighted by molar-refractivity contribution is 6.05. The zero-order valence-corrected chi connectivity index (χ0v) is 14.5. The molecule has 0 radical (unpaired) electrons. The fourth-order valence-electron chi connectivity index (χ4n) is 3.49. The van der Waals surface area contributed by atoms with Gasteiger partial charge in [-0.15, -0.1) is 0 Å². The number of hydrogen-bond donors (Lipinski definition) is 0. The third-order valence-corrected chi connectivity index (χ3v) is 4.78. The molecule has 0 bridgehead atoms. The van der Waals surface area contributed by atoms with Gasteiger partial charge in [-0.3, -0.25) is 4.79 Å². The molecule has 0 fully saturated rings. The Labute approximate surface area is 145 Å². The number of benzene rings is 1. The standard InChI is InChI=1S/C20H19NO4/c1-23-14-6-13-7-17-15-10-20(25-3)18(22)8-12(15)4-5-21(17)11-16(13)19(9-14)24-2/h6-11H,4-5H2,1-3H3. The molecule has 0 atom stereocenters. The first kappa shape index (κ1) is 15.6. The van der Waals surface area contributed by atoms with Crippen LogP contribution in [0.5, 0.6) is 11.5 Å². The number of ketones is 1. The van der Waals surface area contributed by atoms with Gasteiger partial charge in [0.1, 0.15) is 11.5 Å². The molecule has 1 aromatic carbocycles. The van der Waals surface area contributed by atoms with Crippen molar-refractivity contribution >= 4 is 18.1 Å². The molecule has 0 aromatic heterocycles. The highest BCUT2D eigenvalue weighted by Crippen LogP contribution is 2.34. The van der Waals surface area contributed by atoms with Crippen molar-refractivity contribution in [1.29, 1.82) is 0 Å². The quantitative estimate of drug-likeness (QED) is 0.830. The minimum Gasteiger partial charge on any atom is -0.497 e. The summed E-state index contributed by atoms with van der Waals surface area (Å²) in [5, 5.41) is 2.06. The number of nitrogens with zero attached hydrogens (tertiary/aromatic N) is 1. The third-order valence-electron chi connectivity index (χ3n) is 4.78. The highest BCUT2D eigenvalue weighted by Gasteiger charge is 2.27. The lowest BCUT2D eigenvalue weighted by atomic mass is 9.89. The van der Waals surface area contributed by atoms with E-state index in [9.17, 15) is 4.79 Å². The zero-order valence-electron chi connectivity index (χ0n) is 14.5. The van der Waals surface area contributed by atoms with E-state index in [0.717, 1.165) is 51.7 Å². The van der Waals surface area contributed by atoms with Crippen LogP contribution in [0.15, 0.2) is 46.9 Å².